The molecule has 0 aliphatic rings. The van der Waals surface area contributed by atoms with E-state index in [1.807, 2.05) is 25.1 Å². The van der Waals surface area contributed by atoms with Crippen LogP contribution in [0.1, 0.15) is 57.9 Å². The highest BCUT2D eigenvalue weighted by Gasteiger charge is 2.12. The Kier molecular flexibility index (Phi) is 8.65. The summed E-state index contributed by atoms with van der Waals surface area (Å²) >= 11 is 0. The van der Waals surface area contributed by atoms with Crippen LogP contribution in [0.3, 0.4) is 0 Å². The fraction of sp³-hybridized carbons (Fsp3) is 0.579. The predicted octanol–water partition coefficient (Wildman–Crippen LogP) is 5.69. The lowest BCUT2D eigenvalue weighted by atomic mass is 10.1. The van der Waals surface area contributed by atoms with Crippen molar-refractivity contribution in [3.05, 3.63) is 36.4 Å². The maximum absolute atomic E-state index is 6.18. The SMILES string of the molecule is C=CCC(CCCCCC)Oc1ccc(C)cc1OCC. The fourth-order valence-corrected chi connectivity index (χ4v) is 2.37. The largest absolute Gasteiger partial charge is 0.490 e. The molecule has 1 aromatic carbocycles. The molecule has 1 aromatic rings. The van der Waals surface area contributed by atoms with Crippen molar-refractivity contribution in [3.8, 4) is 11.5 Å². The van der Waals surface area contributed by atoms with Gasteiger partial charge in [-0.2, -0.15) is 0 Å². The highest BCUT2D eigenvalue weighted by molar-refractivity contribution is 5.42. The summed E-state index contributed by atoms with van der Waals surface area (Å²) in [5.74, 6) is 1.70. The van der Waals surface area contributed by atoms with Gasteiger partial charge in [0.1, 0.15) is 6.10 Å². The van der Waals surface area contributed by atoms with Gasteiger partial charge in [-0.25, -0.2) is 0 Å². The zero-order valence-electron chi connectivity index (χ0n) is 13.9. The molecule has 0 heterocycles. The van der Waals surface area contributed by atoms with Gasteiger partial charge >= 0.3 is 0 Å². The van der Waals surface area contributed by atoms with Crippen LogP contribution in [0.2, 0.25) is 0 Å². The molecule has 0 spiro atoms. The quantitative estimate of drug-likeness (QED) is 0.385. The molecule has 1 atom stereocenters. The Hall–Kier alpha value is -1.44. The molecule has 0 saturated carbocycles. The number of rotatable bonds is 11. The Morgan fingerprint density at radius 2 is 1.95 bits per heavy atom. The number of unbranched alkanes of at least 4 members (excludes halogenated alkanes) is 3. The summed E-state index contributed by atoms with van der Waals surface area (Å²) in [4.78, 5) is 0. The zero-order chi connectivity index (χ0) is 15.5. The lowest BCUT2D eigenvalue weighted by Gasteiger charge is -2.20. The molecule has 0 saturated heterocycles. The molecule has 21 heavy (non-hydrogen) atoms. The number of aryl methyl sites for hydroxylation is 1. The maximum Gasteiger partial charge on any atom is 0.161 e. The average Bonchev–Trinajstić information content (AvgIpc) is 2.46. The molecule has 1 unspecified atom stereocenters. The van der Waals surface area contributed by atoms with Gasteiger partial charge in [-0.1, -0.05) is 38.3 Å². The summed E-state index contributed by atoms with van der Waals surface area (Å²) in [6, 6.07) is 6.13. The van der Waals surface area contributed by atoms with E-state index < -0.39 is 0 Å². The van der Waals surface area contributed by atoms with Gasteiger partial charge in [-0.15, -0.1) is 6.58 Å². The van der Waals surface area contributed by atoms with E-state index >= 15 is 0 Å². The zero-order valence-corrected chi connectivity index (χ0v) is 13.9. The lowest BCUT2D eigenvalue weighted by Crippen LogP contribution is -2.16. The average molecular weight is 290 g/mol. The van der Waals surface area contributed by atoms with Gasteiger partial charge < -0.3 is 9.47 Å². The minimum atomic E-state index is 0.196. The van der Waals surface area contributed by atoms with Crippen molar-refractivity contribution in [1.82, 2.24) is 0 Å². The van der Waals surface area contributed by atoms with Gasteiger partial charge in [0.15, 0.2) is 11.5 Å². The first-order valence-corrected chi connectivity index (χ1v) is 8.22. The van der Waals surface area contributed by atoms with E-state index in [-0.39, 0.29) is 6.10 Å². The van der Waals surface area contributed by atoms with E-state index in [2.05, 4.69) is 26.5 Å². The molecule has 0 fully saturated rings. The van der Waals surface area contributed by atoms with Crippen LogP contribution in [0, 0.1) is 6.92 Å². The monoisotopic (exact) mass is 290 g/mol. The van der Waals surface area contributed by atoms with Gasteiger partial charge in [-0.05, 0) is 44.4 Å². The Morgan fingerprint density at radius 1 is 1.14 bits per heavy atom. The maximum atomic E-state index is 6.18. The van der Waals surface area contributed by atoms with Crippen LogP contribution >= 0.6 is 0 Å². The Morgan fingerprint density at radius 3 is 2.62 bits per heavy atom. The third kappa shape index (κ3) is 6.70. The van der Waals surface area contributed by atoms with Crippen LogP contribution in [0.4, 0.5) is 0 Å². The molecular weight excluding hydrogens is 260 g/mol. The van der Waals surface area contributed by atoms with Crippen molar-refractivity contribution in [2.75, 3.05) is 6.61 Å². The van der Waals surface area contributed by atoms with Gasteiger partial charge in [0.05, 0.1) is 6.61 Å². The molecule has 0 amide bonds. The fourth-order valence-electron chi connectivity index (χ4n) is 2.37. The normalized spacial score (nSPS) is 12.0. The predicted molar refractivity (Wildman–Crippen MR) is 90.3 cm³/mol. The topological polar surface area (TPSA) is 18.5 Å². The van der Waals surface area contributed by atoms with Gasteiger partial charge in [0.25, 0.3) is 0 Å². The van der Waals surface area contributed by atoms with Crippen LogP contribution in [0.25, 0.3) is 0 Å². The summed E-state index contributed by atoms with van der Waals surface area (Å²) < 4.78 is 11.9. The second-order valence-corrected chi connectivity index (χ2v) is 5.50. The summed E-state index contributed by atoms with van der Waals surface area (Å²) in [6.45, 7) is 10.8. The lowest BCUT2D eigenvalue weighted by molar-refractivity contribution is 0.179. The van der Waals surface area contributed by atoms with Crippen LogP contribution in [-0.2, 0) is 0 Å². The van der Waals surface area contributed by atoms with Crippen LogP contribution in [0.15, 0.2) is 30.9 Å². The summed E-state index contributed by atoms with van der Waals surface area (Å²) in [5, 5.41) is 0. The van der Waals surface area contributed by atoms with Crippen molar-refractivity contribution in [2.45, 2.75) is 65.4 Å². The van der Waals surface area contributed by atoms with E-state index in [0.29, 0.717) is 6.61 Å². The highest BCUT2D eigenvalue weighted by Crippen LogP contribution is 2.30. The molecule has 2 nitrogen and oxygen atoms in total. The number of hydrogen-bond acceptors (Lipinski definition) is 2. The van der Waals surface area contributed by atoms with E-state index in [0.717, 1.165) is 24.3 Å². The number of benzene rings is 1. The van der Waals surface area contributed by atoms with E-state index in [9.17, 15) is 0 Å². The molecule has 0 aliphatic carbocycles. The molecule has 0 N–H and O–H groups in total. The molecule has 0 aliphatic heterocycles. The third-order valence-electron chi connectivity index (χ3n) is 3.50. The Balaban J connectivity index is 2.66. The van der Waals surface area contributed by atoms with Crippen molar-refractivity contribution in [2.24, 2.45) is 0 Å². The number of hydrogen-bond donors (Lipinski definition) is 0. The molecule has 0 bridgehead atoms. The highest BCUT2D eigenvalue weighted by atomic mass is 16.5. The molecule has 118 valence electrons. The van der Waals surface area contributed by atoms with Gasteiger partial charge in [0, 0.05) is 6.42 Å². The Bertz CT molecular complexity index is 412. The first-order chi connectivity index (χ1) is 10.2. The molecule has 0 aromatic heterocycles. The minimum Gasteiger partial charge on any atom is -0.490 e. The van der Waals surface area contributed by atoms with E-state index in [1.54, 1.807) is 0 Å². The summed E-state index contributed by atoms with van der Waals surface area (Å²) in [5.41, 5.74) is 1.19. The van der Waals surface area contributed by atoms with Crippen molar-refractivity contribution in [1.29, 1.82) is 0 Å². The van der Waals surface area contributed by atoms with Crippen molar-refractivity contribution in [3.63, 3.8) is 0 Å². The van der Waals surface area contributed by atoms with Crippen LogP contribution in [-0.4, -0.2) is 12.7 Å². The first kappa shape index (κ1) is 17.6. The standard InChI is InChI=1S/C19H30O2/c1-5-8-9-10-12-17(11-6-2)21-18-14-13-16(4)15-19(18)20-7-3/h6,13-15,17H,2,5,7-12H2,1,3-4H3. The van der Waals surface area contributed by atoms with Crippen molar-refractivity contribution >= 4 is 0 Å². The van der Waals surface area contributed by atoms with E-state index in [1.165, 1.54) is 31.2 Å². The molecule has 1 rings (SSSR count). The third-order valence-corrected chi connectivity index (χ3v) is 3.50. The summed E-state index contributed by atoms with van der Waals surface area (Å²) in [7, 11) is 0. The minimum absolute atomic E-state index is 0.196. The van der Waals surface area contributed by atoms with Crippen LogP contribution in [0.5, 0.6) is 11.5 Å². The van der Waals surface area contributed by atoms with Gasteiger partial charge in [-0.3, -0.25) is 0 Å². The molecular formula is C19H30O2. The van der Waals surface area contributed by atoms with Crippen molar-refractivity contribution < 1.29 is 9.47 Å². The first-order valence-electron chi connectivity index (χ1n) is 8.22. The van der Waals surface area contributed by atoms with E-state index in [4.69, 9.17) is 9.47 Å². The smallest absolute Gasteiger partial charge is 0.161 e. The van der Waals surface area contributed by atoms with Gasteiger partial charge in [0.2, 0.25) is 0 Å². The second-order valence-electron chi connectivity index (χ2n) is 5.50. The molecule has 2 heteroatoms. The number of ether oxygens (including phenoxy) is 2. The Labute approximate surface area is 130 Å². The van der Waals surface area contributed by atoms with Crippen LogP contribution < -0.4 is 9.47 Å². The summed E-state index contributed by atoms with van der Waals surface area (Å²) in [6.07, 6.45) is 9.15. The second kappa shape index (κ2) is 10.3. The molecule has 0 radical (unpaired) electrons.